The molecule has 4 heteroatoms. The van der Waals surface area contributed by atoms with Crippen molar-refractivity contribution in [1.29, 1.82) is 0 Å². The van der Waals surface area contributed by atoms with Crippen molar-refractivity contribution in [1.82, 2.24) is 0 Å². The molecule has 0 spiro atoms. The predicted octanol–water partition coefficient (Wildman–Crippen LogP) is 4.97. The molecule has 21 heavy (non-hydrogen) atoms. The zero-order valence-corrected chi connectivity index (χ0v) is 13.5. The molecule has 0 aromatic heterocycles. The lowest BCUT2D eigenvalue weighted by Crippen LogP contribution is -2.12. The quantitative estimate of drug-likeness (QED) is 0.711. The van der Waals surface area contributed by atoms with Crippen LogP contribution in [0.4, 0.5) is 4.39 Å². The fraction of sp³-hybridized carbons (Fsp3) is 0.235. The van der Waals surface area contributed by atoms with Crippen molar-refractivity contribution in [3.63, 3.8) is 0 Å². The molecule has 0 heterocycles. The molecule has 0 atom stereocenters. The second kappa shape index (κ2) is 6.85. The number of hydrogen-bond donors (Lipinski definition) is 0. The first kappa shape index (κ1) is 15.7. The summed E-state index contributed by atoms with van der Waals surface area (Å²) in [5.74, 6) is -0.177. The highest BCUT2D eigenvalue weighted by atomic mass is 79.9. The predicted molar refractivity (Wildman–Crippen MR) is 84.5 cm³/mol. The van der Waals surface area contributed by atoms with Crippen molar-refractivity contribution in [3.8, 4) is 5.75 Å². The monoisotopic (exact) mass is 350 g/mol. The van der Waals surface area contributed by atoms with Crippen LogP contribution in [-0.2, 0) is 0 Å². The summed E-state index contributed by atoms with van der Waals surface area (Å²) in [6.45, 7) is 4.00. The molecule has 0 aliphatic heterocycles. The topological polar surface area (TPSA) is 26.3 Å². The number of benzene rings is 2. The minimum atomic E-state index is -0.485. The molecule has 2 aromatic rings. The molecule has 0 N–H and O–H groups in total. The molecular formula is C17H16BrFO2. The Bertz CT molecular complexity index is 636. The van der Waals surface area contributed by atoms with Crippen LogP contribution in [-0.4, -0.2) is 12.4 Å². The number of hydrogen-bond acceptors (Lipinski definition) is 2. The van der Waals surface area contributed by atoms with E-state index in [1.54, 1.807) is 18.2 Å². The number of carbonyl (C=O) groups is 1. The van der Waals surface area contributed by atoms with Crippen LogP contribution in [0.5, 0.6) is 5.75 Å². The van der Waals surface area contributed by atoms with Gasteiger partial charge in [-0.05, 0) is 29.7 Å². The Morgan fingerprint density at radius 2 is 1.86 bits per heavy atom. The normalized spacial score (nSPS) is 10.7. The van der Waals surface area contributed by atoms with E-state index < -0.39 is 5.82 Å². The van der Waals surface area contributed by atoms with E-state index in [9.17, 15) is 9.18 Å². The highest BCUT2D eigenvalue weighted by Crippen LogP contribution is 2.22. The minimum absolute atomic E-state index is 0.0662. The SMILES string of the molecule is CC(C)c1ccc(C(=O)COc2cc(Br)ccc2F)cc1. The molecule has 0 saturated heterocycles. The Morgan fingerprint density at radius 1 is 1.19 bits per heavy atom. The van der Waals surface area contributed by atoms with Gasteiger partial charge in [0.15, 0.2) is 24.0 Å². The largest absolute Gasteiger partial charge is 0.482 e. The van der Waals surface area contributed by atoms with E-state index in [0.717, 1.165) is 0 Å². The van der Waals surface area contributed by atoms with Gasteiger partial charge < -0.3 is 4.74 Å². The van der Waals surface area contributed by atoms with E-state index in [4.69, 9.17) is 4.74 Å². The van der Waals surface area contributed by atoms with Gasteiger partial charge in [0.05, 0.1) is 0 Å². The first-order chi connectivity index (χ1) is 9.97. The number of rotatable bonds is 5. The molecule has 2 rings (SSSR count). The fourth-order valence-electron chi connectivity index (χ4n) is 1.87. The van der Waals surface area contributed by atoms with Crippen molar-refractivity contribution >= 4 is 21.7 Å². The molecule has 0 radical (unpaired) electrons. The average Bonchev–Trinajstić information content (AvgIpc) is 2.48. The van der Waals surface area contributed by atoms with Crippen LogP contribution < -0.4 is 4.74 Å². The Balaban J connectivity index is 2.03. The zero-order chi connectivity index (χ0) is 15.4. The van der Waals surface area contributed by atoms with Crippen molar-refractivity contribution in [3.05, 3.63) is 63.9 Å². The van der Waals surface area contributed by atoms with Crippen LogP contribution in [0.2, 0.25) is 0 Å². The first-order valence-electron chi connectivity index (χ1n) is 6.68. The summed E-state index contributed by atoms with van der Waals surface area (Å²) in [6, 6.07) is 11.8. The van der Waals surface area contributed by atoms with Gasteiger partial charge >= 0.3 is 0 Å². The van der Waals surface area contributed by atoms with Crippen molar-refractivity contribution in [2.75, 3.05) is 6.61 Å². The number of carbonyl (C=O) groups excluding carboxylic acids is 1. The molecule has 110 valence electrons. The van der Waals surface area contributed by atoms with Crippen molar-refractivity contribution < 1.29 is 13.9 Å². The van der Waals surface area contributed by atoms with Gasteiger partial charge in [-0.3, -0.25) is 4.79 Å². The number of halogens is 2. The first-order valence-corrected chi connectivity index (χ1v) is 7.47. The Kier molecular flexibility index (Phi) is 5.12. The maximum atomic E-state index is 13.5. The third-order valence-electron chi connectivity index (χ3n) is 3.15. The molecule has 0 amide bonds. The Labute approximate surface area is 132 Å². The zero-order valence-electron chi connectivity index (χ0n) is 11.9. The third-order valence-corrected chi connectivity index (χ3v) is 3.64. The number of ether oxygens (including phenoxy) is 1. The van der Waals surface area contributed by atoms with Crippen molar-refractivity contribution in [2.24, 2.45) is 0 Å². The fourth-order valence-corrected chi connectivity index (χ4v) is 2.21. The molecule has 0 fully saturated rings. The van der Waals surface area contributed by atoms with Gasteiger partial charge in [0.2, 0.25) is 0 Å². The second-order valence-corrected chi connectivity index (χ2v) is 5.98. The van der Waals surface area contributed by atoms with Gasteiger partial charge in [0.25, 0.3) is 0 Å². The molecule has 0 saturated carbocycles. The van der Waals surface area contributed by atoms with Gasteiger partial charge in [-0.1, -0.05) is 54.0 Å². The minimum Gasteiger partial charge on any atom is -0.482 e. The second-order valence-electron chi connectivity index (χ2n) is 5.06. The standard InChI is InChI=1S/C17H16BrFO2/c1-11(2)12-3-5-13(6-4-12)16(20)10-21-17-9-14(18)7-8-15(17)19/h3-9,11H,10H2,1-2H3. The highest BCUT2D eigenvalue weighted by molar-refractivity contribution is 9.10. The van der Waals surface area contributed by atoms with Crippen LogP contribution in [0.1, 0.15) is 35.7 Å². The maximum absolute atomic E-state index is 13.5. The average molecular weight is 351 g/mol. The summed E-state index contributed by atoms with van der Waals surface area (Å²) in [5, 5.41) is 0. The molecule has 0 aliphatic rings. The Morgan fingerprint density at radius 3 is 2.48 bits per heavy atom. The molecule has 0 bridgehead atoms. The van der Waals surface area contributed by atoms with E-state index in [2.05, 4.69) is 29.8 Å². The van der Waals surface area contributed by atoms with Crippen LogP contribution >= 0.6 is 15.9 Å². The van der Waals surface area contributed by atoms with E-state index in [0.29, 0.717) is 16.0 Å². The summed E-state index contributed by atoms with van der Waals surface area (Å²) >= 11 is 3.24. The number of ketones is 1. The molecule has 0 unspecified atom stereocenters. The van der Waals surface area contributed by atoms with Crippen LogP contribution in [0.3, 0.4) is 0 Å². The van der Waals surface area contributed by atoms with Gasteiger partial charge in [0.1, 0.15) is 0 Å². The van der Waals surface area contributed by atoms with E-state index in [1.165, 1.54) is 17.7 Å². The molecule has 2 aromatic carbocycles. The lowest BCUT2D eigenvalue weighted by molar-refractivity contribution is 0.0918. The highest BCUT2D eigenvalue weighted by Gasteiger charge is 2.10. The molecule has 0 aliphatic carbocycles. The summed E-state index contributed by atoms with van der Waals surface area (Å²) in [7, 11) is 0. The summed E-state index contributed by atoms with van der Waals surface area (Å²) in [6.07, 6.45) is 0. The third kappa shape index (κ3) is 4.14. The molecular weight excluding hydrogens is 335 g/mol. The summed E-state index contributed by atoms with van der Waals surface area (Å²) in [4.78, 5) is 12.0. The van der Waals surface area contributed by atoms with Gasteiger partial charge in [-0.25, -0.2) is 4.39 Å². The lowest BCUT2D eigenvalue weighted by atomic mass is 10.0. The van der Waals surface area contributed by atoms with E-state index >= 15 is 0 Å². The Hall–Kier alpha value is -1.68. The van der Waals surface area contributed by atoms with E-state index in [1.807, 2.05) is 12.1 Å². The van der Waals surface area contributed by atoms with E-state index in [-0.39, 0.29) is 18.1 Å². The van der Waals surface area contributed by atoms with Crippen LogP contribution in [0.15, 0.2) is 46.9 Å². The lowest BCUT2D eigenvalue weighted by Gasteiger charge is -2.08. The smallest absolute Gasteiger partial charge is 0.200 e. The van der Waals surface area contributed by atoms with Gasteiger partial charge in [-0.2, -0.15) is 0 Å². The summed E-state index contributed by atoms with van der Waals surface area (Å²) < 4.78 is 19.5. The number of Topliss-reactive ketones (excluding diaryl/α,β-unsaturated/α-hetero) is 1. The van der Waals surface area contributed by atoms with Gasteiger partial charge in [-0.15, -0.1) is 0 Å². The van der Waals surface area contributed by atoms with Gasteiger partial charge in [0, 0.05) is 10.0 Å². The van der Waals surface area contributed by atoms with Crippen LogP contribution in [0, 0.1) is 5.82 Å². The molecule has 2 nitrogen and oxygen atoms in total. The van der Waals surface area contributed by atoms with Crippen molar-refractivity contribution in [2.45, 2.75) is 19.8 Å². The maximum Gasteiger partial charge on any atom is 0.200 e. The van der Waals surface area contributed by atoms with Crippen LogP contribution in [0.25, 0.3) is 0 Å². The summed E-state index contributed by atoms with van der Waals surface area (Å²) in [5.41, 5.74) is 1.74.